The lowest BCUT2D eigenvalue weighted by atomic mass is 9.88. The van der Waals surface area contributed by atoms with Crippen molar-refractivity contribution in [1.29, 1.82) is 0 Å². The van der Waals surface area contributed by atoms with E-state index in [1.54, 1.807) is 0 Å². The second-order valence-electron chi connectivity index (χ2n) is 14.8. The van der Waals surface area contributed by atoms with E-state index >= 15 is 0 Å². The molecule has 4 aliphatic heterocycles. The molecule has 1 spiro atoms. The van der Waals surface area contributed by atoms with Gasteiger partial charge in [0.25, 0.3) is 0 Å². The molecule has 4 saturated heterocycles. The second kappa shape index (κ2) is 28.1. The number of hydrogen-bond acceptors (Lipinski definition) is 9. The van der Waals surface area contributed by atoms with E-state index in [0.29, 0.717) is 63.2 Å². The highest BCUT2D eigenvalue weighted by Gasteiger charge is 2.53. The quantitative estimate of drug-likeness (QED) is 0.200. The Labute approximate surface area is 336 Å². The van der Waals surface area contributed by atoms with Gasteiger partial charge in [-0.15, -0.1) is 0 Å². The molecule has 0 aliphatic carbocycles. The van der Waals surface area contributed by atoms with E-state index in [4.69, 9.17) is 18.9 Å². The van der Waals surface area contributed by atoms with Crippen molar-refractivity contribution in [3.05, 3.63) is 108 Å². The van der Waals surface area contributed by atoms with E-state index < -0.39 is 0 Å². The van der Waals surface area contributed by atoms with Crippen LogP contribution in [0.4, 0.5) is 4.70 Å². The van der Waals surface area contributed by atoms with Gasteiger partial charge in [-0.2, -0.15) is 0 Å². The number of benzene rings is 3. The molecule has 3 atom stereocenters. The van der Waals surface area contributed by atoms with Crippen LogP contribution in [0, 0.1) is 11.8 Å². The minimum atomic E-state index is 0. The zero-order valence-corrected chi connectivity index (χ0v) is 33.5. The number of nitrogens with zero attached hydrogens (tertiary/aromatic N) is 2. The van der Waals surface area contributed by atoms with Crippen LogP contribution in [-0.4, -0.2) is 127 Å². The van der Waals surface area contributed by atoms with Crippen LogP contribution in [0.2, 0.25) is 0 Å². The first-order chi connectivity index (χ1) is 26.4. The van der Waals surface area contributed by atoms with E-state index in [2.05, 4.69) is 108 Å². The second-order valence-corrected chi connectivity index (χ2v) is 14.8. The van der Waals surface area contributed by atoms with Crippen LogP contribution in [0.25, 0.3) is 0 Å². The standard InChI is InChI=1S/C16H23NO2.C15H21NO2.C9H13N.C5H8O2.CH4.FH/c1-17(9-7-14-5-3-2-4-6-14)11-15-12-18-10-8-16(15)13-19-16;1-16(9-7-13-5-3-2-4-6-13)11-14-12-18-10-8-15(14)17;1-10-8-7-9-5-3-2-4-6-9;6-5-1-3-7-4-2-5;;/h2-6,15H,7-13H2,1H3;2-6,14H,7-12H2,1H3;2-6,10H,7-8H2,1H3;1-4H2;1H4;1H. The van der Waals surface area contributed by atoms with Crippen LogP contribution in [0.15, 0.2) is 91.0 Å². The molecule has 0 bridgehead atoms. The summed E-state index contributed by atoms with van der Waals surface area (Å²) in [6.45, 7) is 10.1. The van der Waals surface area contributed by atoms with Crippen molar-refractivity contribution in [3.8, 4) is 0 Å². The zero-order chi connectivity index (χ0) is 38.3. The number of rotatable bonds is 13. The van der Waals surface area contributed by atoms with Gasteiger partial charge in [0.05, 0.1) is 45.6 Å². The van der Waals surface area contributed by atoms with Gasteiger partial charge in [-0.3, -0.25) is 14.3 Å². The first kappa shape index (κ1) is 48.8. The minimum Gasteiger partial charge on any atom is -0.381 e. The normalized spacial score (nSPS) is 21.2. The molecule has 56 heavy (non-hydrogen) atoms. The Morgan fingerprint density at radius 1 is 0.661 bits per heavy atom. The van der Waals surface area contributed by atoms with Crippen LogP contribution in [-0.2, 0) is 47.8 Å². The lowest BCUT2D eigenvalue weighted by molar-refractivity contribution is -0.131. The topological polar surface area (TPSA) is 92.9 Å². The zero-order valence-electron chi connectivity index (χ0n) is 33.5. The maximum atomic E-state index is 11.7. The van der Waals surface area contributed by atoms with Crippen molar-refractivity contribution in [2.45, 2.75) is 58.0 Å². The molecule has 10 heteroatoms. The van der Waals surface area contributed by atoms with E-state index in [1.165, 1.54) is 16.7 Å². The van der Waals surface area contributed by atoms with Gasteiger partial charge in [0.1, 0.15) is 17.2 Å². The van der Waals surface area contributed by atoms with Crippen LogP contribution < -0.4 is 5.32 Å². The predicted octanol–water partition coefficient (Wildman–Crippen LogP) is 6.34. The Hall–Kier alpha value is -3.35. The molecule has 312 valence electrons. The maximum absolute atomic E-state index is 11.7. The van der Waals surface area contributed by atoms with Gasteiger partial charge in [0.15, 0.2) is 0 Å². The Morgan fingerprint density at radius 3 is 1.61 bits per heavy atom. The van der Waals surface area contributed by atoms with Crippen molar-refractivity contribution >= 4 is 11.6 Å². The molecule has 4 fully saturated rings. The smallest absolute Gasteiger partial charge is 0.141 e. The van der Waals surface area contributed by atoms with E-state index in [-0.39, 0.29) is 23.7 Å². The predicted molar refractivity (Wildman–Crippen MR) is 225 cm³/mol. The molecule has 7 rings (SSSR count). The lowest BCUT2D eigenvalue weighted by Crippen LogP contribution is -2.42. The molecule has 0 aromatic heterocycles. The SMILES string of the molecule is C.CN(CCc1ccccc1)CC1COCCC12CO2.CN(CCc1ccccc1)CC1COCCC1=O.CNCCc1ccccc1.F.O=C1CCOCC1. The largest absolute Gasteiger partial charge is 0.381 e. The van der Waals surface area contributed by atoms with Crippen LogP contribution >= 0.6 is 0 Å². The third-order valence-corrected chi connectivity index (χ3v) is 10.4. The Bertz CT molecular complexity index is 1440. The Balaban J connectivity index is 0.000000271. The molecule has 4 aliphatic rings. The van der Waals surface area contributed by atoms with Crippen molar-refractivity contribution in [2.24, 2.45) is 11.8 Å². The molecular weight excluding hydrogens is 710 g/mol. The van der Waals surface area contributed by atoms with Gasteiger partial charge in [0, 0.05) is 64.4 Å². The molecule has 0 radical (unpaired) electrons. The molecule has 0 amide bonds. The summed E-state index contributed by atoms with van der Waals surface area (Å²) in [5.41, 5.74) is 4.32. The molecular formula is C46H70FN3O6. The highest BCUT2D eigenvalue weighted by molar-refractivity contribution is 5.82. The molecule has 4 heterocycles. The molecule has 3 aromatic rings. The van der Waals surface area contributed by atoms with Gasteiger partial charge in [-0.25, -0.2) is 0 Å². The van der Waals surface area contributed by atoms with Gasteiger partial charge >= 0.3 is 0 Å². The summed E-state index contributed by atoms with van der Waals surface area (Å²) < 4.78 is 21.6. The number of ether oxygens (including phenoxy) is 4. The number of nitrogens with one attached hydrogen (secondary N) is 1. The fourth-order valence-corrected chi connectivity index (χ4v) is 6.75. The average Bonchev–Trinajstić information content (AvgIpc) is 3.99. The highest BCUT2D eigenvalue weighted by Crippen LogP contribution is 2.41. The molecule has 3 unspecified atom stereocenters. The maximum Gasteiger partial charge on any atom is 0.141 e. The Kier molecular flexibility index (Phi) is 24.5. The van der Waals surface area contributed by atoms with Gasteiger partial charge in [0.2, 0.25) is 0 Å². The van der Waals surface area contributed by atoms with Crippen LogP contribution in [0.3, 0.4) is 0 Å². The summed E-state index contributed by atoms with van der Waals surface area (Å²) in [6, 6.07) is 31.6. The van der Waals surface area contributed by atoms with Crippen LogP contribution in [0.5, 0.6) is 0 Å². The summed E-state index contributed by atoms with van der Waals surface area (Å²) in [5, 5.41) is 3.12. The lowest BCUT2D eigenvalue weighted by Gasteiger charge is -2.32. The first-order valence-electron chi connectivity index (χ1n) is 19.9. The molecule has 9 nitrogen and oxygen atoms in total. The third-order valence-electron chi connectivity index (χ3n) is 10.4. The number of Topliss-reactive ketones (excluding diaryl/α,β-unsaturated/α-hetero) is 2. The van der Waals surface area contributed by atoms with Crippen molar-refractivity contribution in [3.63, 3.8) is 0 Å². The van der Waals surface area contributed by atoms with E-state index in [1.807, 2.05) is 19.2 Å². The Morgan fingerprint density at radius 2 is 1.14 bits per heavy atom. The number of carbonyl (C=O) groups excluding carboxylic acids is 2. The number of epoxide rings is 1. The summed E-state index contributed by atoms with van der Waals surface area (Å²) in [7, 11) is 6.25. The summed E-state index contributed by atoms with van der Waals surface area (Å²) >= 11 is 0. The average molecular weight is 780 g/mol. The minimum absolute atomic E-state index is 0. The van der Waals surface area contributed by atoms with E-state index in [0.717, 1.165) is 78.2 Å². The number of halogens is 1. The third kappa shape index (κ3) is 19.2. The summed E-state index contributed by atoms with van der Waals surface area (Å²) in [5.74, 6) is 1.31. The monoisotopic (exact) mass is 780 g/mol. The molecule has 3 aromatic carbocycles. The van der Waals surface area contributed by atoms with Crippen LogP contribution in [0.1, 0.15) is 49.8 Å². The number of hydrogen-bond donors (Lipinski definition) is 1. The summed E-state index contributed by atoms with van der Waals surface area (Å²) in [6.07, 6.45) is 6.16. The highest BCUT2D eigenvalue weighted by atomic mass is 19.0. The van der Waals surface area contributed by atoms with Gasteiger partial charge in [-0.1, -0.05) is 98.4 Å². The number of likely N-dealkylation sites (N-methyl/N-ethyl adjacent to an activating group) is 3. The number of carbonyl (C=O) groups is 2. The van der Waals surface area contributed by atoms with Gasteiger partial charge < -0.3 is 34.1 Å². The van der Waals surface area contributed by atoms with E-state index in [9.17, 15) is 9.59 Å². The molecule has 1 N–H and O–H groups in total. The van der Waals surface area contributed by atoms with Crippen molar-refractivity contribution in [1.82, 2.24) is 15.1 Å². The fraction of sp³-hybridized carbons (Fsp3) is 0.565. The molecule has 0 saturated carbocycles. The van der Waals surface area contributed by atoms with Crippen molar-refractivity contribution in [2.75, 3.05) is 100 Å². The van der Waals surface area contributed by atoms with Gasteiger partial charge in [-0.05, 0) is 63.6 Å². The fourth-order valence-electron chi connectivity index (χ4n) is 6.75. The van der Waals surface area contributed by atoms with Crippen molar-refractivity contribution < 1.29 is 33.2 Å². The first-order valence-corrected chi connectivity index (χ1v) is 19.9. The summed E-state index contributed by atoms with van der Waals surface area (Å²) in [4.78, 5) is 26.7. The number of ketones is 2.